The van der Waals surface area contributed by atoms with Gasteiger partial charge in [0.15, 0.2) is 0 Å². The van der Waals surface area contributed by atoms with E-state index < -0.39 is 0 Å². The van der Waals surface area contributed by atoms with Gasteiger partial charge in [0.25, 0.3) is 0 Å². The molecule has 1 atom stereocenters. The highest BCUT2D eigenvalue weighted by molar-refractivity contribution is 14.1. The zero-order chi connectivity index (χ0) is 12.4. The van der Waals surface area contributed by atoms with Crippen LogP contribution in [0.4, 0.5) is 4.39 Å². The minimum absolute atomic E-state index is 0.0256. The molecule has 0 aliphatic heterocycles. The van der Waals surface area contributed by atoms with Gasteiger partial charge >= 0.3 is 0 Å². The zero-order valence-electron chi connectivity index (χ0n) is 8.63. The van der Waals surface area contributed by atoms with Crippen LogP contribution in [0.2, 0.25) is 5.02 Å². The standard InChI is InChI=1S/C13H8BrClFI/c14-13(8-1-4-10(16)5-2-8)9-3-6-12(17)11(15)7-9/h1-7,13H. The van der Waals surface area contributed by atoms with E-state index in [0.29, 0.717) is 0 Å². The van der Waals surface area contributed by atoms with Crippen molar-refractivity contribution in [3.63, 3.8) is 0 Å². The van der Waals surface area contributed by atoms with Gasteiger partial charge in [-0.25, -0.2) is 4.39 Å². The quantitative estimate of drug-likeness (QED) is 0.436. The van der Waals surface area contributed by atoms with Crippen LogP contribution in [0.15, 0.2) is 42.5 Å². The van der Waals surface area contributed by atoms with Crippen molar-refractivity contribution in [1.82, 2.24) is 0 Å². The molecular formula is C13H8BrClFI. The second-order valence-electron chi connectivity index (χ2n) is 3.59. The lowest BCUT2D eigenvalue weighted by molar-refractivity contribution is 0.627. The largest absolute Gasteiger partial charge is 0.207 e. The van der Waals surface area contributed by atoms with Crippen molar-refractivity contribution in [2.24, 2.45) is 0 Å². The van der Waals surface area contributed by atoms with Crippen molar-refractivity contribution in [3.05, 3.63) is 68.0 Å². The normalized spacial score (nSPS) is 12.5. The second-order valence-corrected chi connectivity index (χ2v) is 6.07. The number of hydrogen-bond donors (Lipinski definition) is 0. The van der Waals surface area contributed by atoms with E-state index in [1.54, 1.807) is 12.1 Å². The van der Waals surface area contributed by atoms with Crippen LogP contribution in [-0.2, 0) is 0 Å². The fraction of sp³-hybridized carbons (Fsp3) is 0.0769. The summed E-state index contributed by atoms with van der Waals surface area (Å²) in [6, 6.07) is 12.3. The molecule has 0 fully saturated rings. The molecule has 17 heavy (non-hydrogen) atoms. The summed E-state index contributed by atoms with van der Waals surface area (Å²) >= 11 is 11.9. The van der Waals surface area contributed by atoms with Gasteiger partial charge in [0.2, 0.25) is 0 Å². The summed E-state index contributed by atoms with van der Waals surface area (Å²) in [5, 5.41) is 0.731. The van der Waals surface area contributed by atoms with E-state index in [9.17, 15) is 4.39 Å². The highest BCUT2D eigenvalue weighted by Gasteiger charge is 2.11. The molecule has 88 valence electrons. The zero-order valence-corrected chi connectivity index (χ0v) is 13.1. The maximum atomic E-state index is 12.8. The molecule has 2 rings (SSSR count). The van der Waals surface area contributed by atoms with Crippen molar-refractivity contribution in [2.75, 3.05) is 0 Å². The molecule has 0 aliphatic rings. The molecule has 0 saturated heterocycles. The molecule has 0 N–H and O–H groups in total. The molecule has 4 heteroatoms. The molecule has 0 spiro atoms. The van der Waals surface area contributed by atoms with Crippen molar-refractivity contribution in [1.29, 1.82) is 0 Å². The molecule has 0 radical (unpaired) electrons. The van der Waals surface area contributed by atoms with E-state index in [2.05, 4.69) is 38.5 Å². The van der Waals surface area contributed by atoms with Gasteiger partial charge in [-0.05, 0) is 58.0 Å². The van der Waals surface area contributed by atoms with Crippen LogP contribution in [0.25, 0.3) is 0 Å². The summed E-state index contributed by atoms with van der Waals surface area (Å²) in [6.45, 7) is 0. The molecule has 0 aromatic heterocycles. The van der Waals surface area contributed by atoms with Crippen LogP contribution in [-0.4, -0.2) is 0 Å². The predicted octanol–water partition coefficient (Wildman–Crippen LogP) is 5.57. The average molecular weight is 425 g/mol. The van der Waals surface area contributed by atoms with Crippen LogP contribution in [0.5, 0.6) is 0 Å². The van der Waals surface area contributed by atoms with Crippen LogP contribution in [0.1, 0.15) is 16.0 Å². The van der Waals surface area contributed by atoms with Gasteiger partial charge < -0.3 is 0 Å². The van der Waals surface area contributed by atoms with Crippen LogP contribution in [0, 0.1) is 9.39 Å². The Labute approximate surface area is 126 Å². The average Bonchev–Trinajstić information content (AvgIpc) is 2.33. The van der Waals surface area contributed by atoms with Crippen LogP contribution in [0.3, 0.4) is 0 Å². The Bertz CT molecular complexity index is 527. The summed E-state index contributed by atoms with van der Waals surface area (Å²) < 4.78 is 13.9. The van der Waals surface area contributed by atoms with E-state index in [1.165, 1.54) is 12.1 Å². The van der Waals surface area contributed by atoms with Crippen molar-refractivity contribution in [2.45, 2.75) is 4.83 Å². The summed E-state index contributed by atoms with van der Waals surface area (Å²) in [5.74, 6) is -0.228. The van der Waals surface area contributed by atoms with Crippen molar-refractivity contribution in [3.8, 4) is 0 Å². The first kappa shape index (κ1) is 13.3. The third-order valence-corrected chi connectivity index (χ3v) is 5.03. The van der Waals surface area contributed by atoms with E-state index in [1.807, 2.05) is 18.2 Å². The maximum Gasteiger partial charge on any atom is 0.123 e. The fourth-order valence-corrected chi connectivity index (χ4v) is 2.61. The summed E-state index contributed by atoms with van der Waals surface area (Å²) in [7, 11) is 0. The van der Waals surface area contributed by atoms with Gasteiger partial charge in [-0.2, -0.15) is 0 Å². The van der Waals surface area contributed by atoms with Gasteiger partial charge in [-0.1, -0.05) is 45.7 Å². The van der Waals surface area contributed by atoms with Gasteiger partial charge in [-0.3, -0.25) is 0 Å². The first-order valence-electron chi connectivity index (χ1n) is 4.92. The molecule has 0 bridgehead atoms. The van der Waals surface area contributed by atoms with Crippen LogP contribution < -0.4 is 0 Å². The Kier molecular flexibility index (Phi) is 4.44. The highest BCUT2D eigenvalue weighted by Crippen LogP contribution is 2.33. The van der Waals surface area contributed by atoms with Crippen LogP contribution >= 0.6 is 50.1 Å². The topological polar surface area (TPSA) is 0 Å². The Balaban J connectivity index is 2.33. The number of hydrogen-bond acceptors (Lipinski definition) is 0. The number of benzene rings is 2. The molecule has 0 nitrogen and oxygen atoms in total. The Morgan fingerprint density at radius 3 is 2.24 bits per heavy atom. The van der Waals surface area contributed by atoms with Crippen molar-refractivity contribution >= 4 is 50.1 Å². The Morgan fingerprint density at radius 1 is 1.06 bits per heavy atom. The minimum atomic E-state index is -0.228. The lowest BCUT2D eigenvalue weighted by Gasteiger charge is -2.11. The summed E-state index contributed by atoms with van der Waals surface area (Å²) in [4.78, 5) is 0.0256. The molecule has 0 aliphatic carbocycles. The Hall–Kier alpha value is -0.130. The molecular weight excluding hydrogens is 417 g/mol. The summed E-state index contributed by atoms with van der Waals surface area (Å²) in [5.41, 5.74) is 2.06. The molecule has 2 aromatic carbocycles. The minimum Gasteiger partial charge on any atom is -0.207 e. The van der Waals surface area contributed by atoms with Gasteiger partial charge in [-0.15, -0.1) is 0 Å². The first-order valence-corrected chi connectivity index (χ1v) is 7.29. The molecule has 0 amide bonds. The number of rotatable bonds is 2. The predicted molar refractivity (Wildman–Crippen MR) is 81.3 cm³/mol. The fourth-order valence-electron chi connectivity index (χ4n) is 1.49. The number of alkyl halides is 1. The highest BCUT2D eigenvalue weighted by atomic mass is 127. The third-order valence-electron chi connectivity index (χ3n) is 2.40. The SMILES string of the molecule is Fc1ccc(C(Br)c2ccc(I)c(Cl)c2)cc1. The monoisotopic (exact) mass is 424 g/mol. The molecule has 0 heterocycles. The lowest BCUT2D eigenvalue weighted by Crippen LogP contribution is -1.93. The smallest absolute Gasteiger partial charge is 0.123 e. The van der Waals surface area contributed by atoms with E-state index >= 15 is 0 Å². The third kappa shape index (κ3) is 3.20. The van der Waals surface area contributed by atoms with Gasteiger partial charge in [0, 0.05) is 3.57 Å². The molecule has 1 unspecified atom stereocenters. The van der Waals surface area contributed by atoms with E-state index in [0.717, 1.165) is 19.7 Å². The first-order chi connectivity index (χ1) is 8.08. The lowest BCUT2D eigenvalue weighted by atomic mass is 10.1. The second kappa shape index (κ2) is 5.67. The van der Waals surface area contributed by atoms with E-state index in [-0.39, 0.29) is 10.6 Å². The Morgan fingerprint density at radius 2 is 1.65 bits per heavy atom. The van der Waals surface area contributed by atoms with E-state index in [4.69, 9.17) is 11.6 Å². The van der Waals surface area contributed by atoms with Gasteiger partial charge in [0.1, 0.15) is 5.82 Å². The molecule has 0 saturated carbocycles. The summed E-state index contributed by atoms with van der Waals surface area (Å²) in [6.07, 6.45) is 0. The maximum absolute atomic E-state index is 12.8. The molecule has 2 aromatic rings. The van der Waals surface area contributed by atoms with Gasteiger partial charge in [0.05, 0.1) is 9.85 Å². The number of halogens is 4. The van der Waals surface area contributed by atoms with Crippen molar-refractivity contribution < 1.29 is 4.39 Å².